The molecule has 35 heavy (non-hydrogen) atoms. The van der Waals surface area contributed by atoms with E-state index in [4.69, 9.17) is 5.10 Å². The molecule has 5 rings (SSSR count). The highest BCUT2D eigenvalue weighted by atomic mass is 16.2. The summed E-state index contributed by atoms with van der Waals surface area (Å²) in [7, 11) is 0. The van der Waals surface area contributed by atoms with Crippen LogP contribution in [0.3, 0.4) is 0 Å². The largest absolute Gasteiger partial charge is 0.332 e. The van der Waals surface area contributed by atoms with E-state index in [2.05, 4.69) is 41.7 Å². The van der Waals surface area contributed by atoms with Crippen LogP contribution in [-0.4, -0.2) is 37.9 Å². The Balaban J connectivity index is 1.40. The number of hydrogen-bond donors (Lipinski definition) is 0. The van der Waals surface area contributed by atoms with Crippen LogP contribution in [0.25, 0.3) is 0 Å². The van der Waals surface area contributed by atoms with Gasteiger partial charge in [0.1, 0.15) is 17.6 Å². The van der Waals surface area contributed by atoms with Crippen molar-refractivity contribution in [3.8, 4) is 0 Å². The zero-order valence-electron chi connectivity index (χ0n) is 21.6. The molecular formula is C29H40N4O2. The lowest BCUT2D eigenvalue weighted by atomic mass is 9.86. The van der Waals surface area contributed by atoms with Gasteiger partial charge in [-0.3, -0.25) is 9.59 Å². The van der Waals surface area contributed by atoms with Gasteiger partial charge in [0.15, 0.2) is 5.82 Å². The Morgan fingerprint density at radius 3 is 2.46 bits per heavy atom. The summed E-state index contributed by atoms with van der Waals surface area (Å²) in [5.74, 6) is 2.70. The maximum atomic E-state index is 13.6. The quantitative estimate of drug-likeness (QED) is 0.507. The van der Waals surface area contributed by atoms with E-state index >= 15 is 0 Å². The molecule has 6 heteroatoms. The highest BCUT2D eigenvalue weighted by molar-refractivity contribution is 5.86. The summed E-state index contributed by atoms with van der Waals surface area (Å²) in [5.41, 5.74) is 3.44. The number of benzene rings is 1. The molecule has 1 aromatic heterocycles. The molecule has 2 heterocycles. The summed E-state index contributed by atoms with van der Waals surface area (Å²) < 4.78 is 2.33. The molecule has 0 N–H and O–H groups in total. The Kier molecular flexibility index (Phi) is 7.08. The topological polar surface area (TPSA) is 68.1 Å². The van der Waals surface area contributed by atoms with Crippen LogP contribution < -0.4 is 0 Å². The van der Waals surface area contributed by atoms with Gasteiger partial charge in [-0.1, -0.05) is 55.9 Å². The number of aromatic nitrogens is 3. The number of hydrogen-bond acceptors (Lipinski definition) is 4. The molecular weight excluding hydrogens is 436 g/mol. The molecule has 0 spiro atoms. The Morgan fingerprint density at radius 2 is 1.77 bits per heavy atom. The van der Waals surface area contributed by atoms with Crippen molar-refractivity contribution < 1.29 is 9.59 Å². The van der Waals surface area contributed by atoms with E-state index in [1.165, 1.54) is 44.1 Å². The van der Waals surface area contributed by atoms with Crippen LogP contribution in [0.4, 0.5) is 0 Å². The van der Waals surface area contributed by atoms with E-state index < -0.39 is 0 Å². The molecule has 0 unspecified atom stereocenters. The van der Waals surface area contributed by atoms with Gasteiger partial charge in [-0.2, -0.15) is 0 Å². The van der Waals surface area contributed by atoms with Crippen molar-refractivity contribution in [3.05, 3.63) is 46.5 Å². The lowest BCUT2D eigenvalue weighted by molar-refractivity contribution is -0.131. The maximum absolute atomic E-state index is 13.6. The first-order chi connectivity index (χ1) is 16.9. The number of Topliss-reactive ketones (excluding diaryl/α,β-unsaturated/α-hetero) is 1. The van der Waals surface area contributed by atoms with Crippen molar-refractivity contribution in [1.29, 1.82) is 0 Å². The van der Waals surface area contributed by atoms with Crippen LogP contribution in [0.1, 0.15) is 105 Å². The van der Waals surface area contributed by atoms with Crippen LogP contribution in [-0.2, 0) is 22.4 Å². The lowest BCUT2D eigenvalue weighted by Gasteiger charge is -2.27. The van der Waals surface area contributed by atoms with Gasteiger partial charge >= 0.3 is 0 Å². The van der Waals surface area contributed by atoms with E-state index in [1.54, 1.807) is 6.92 Å². The Hall–Kier alpha value is -2.50. The summed E-state index contributed by atoms with van der Waals surface area (Å²) in [4.78, 5) is 28.2. The highest BCUT2D eigenvalue weighted by Crippen LogP contribution is 2.44. The fourth-order valence-corrected chi connectivity index (χ4v) is 6.41. The second-order valence-corrected chi connectivity index (χ2v) is 11.2. The van der Waals surface area contributed by atoms with E-state index in [0.29, 0.717) is 25.4 Å². The molecule has 3 aliphatic rings. The fraction of sp³-hybridized carbons (Fsp3) is 0.655. The third-order valence-electron chi connectivity index (χ3n) is 8.55. The SMILES string of the molecule is CC(=O)N1CC[C@H](C(=O)Cc2ccc(C)cc2C)[C@H]1c1nnc(CCC2CCCCC2)n1C1CC1. The van der Waals surface area contributed by atoms with Gasteiger partial charge in [0.2, 0.25) is 5.91 Å². The number of carbonyl (C=O) groups is 2. The summed E-state index contributed by atoms with van der Waals surface area (Å²) >= 11 is 0. The van der Waals surface area contributed by atoms with E-state index in [0.717, 1.165) is 48.0 Å². The number of rotatable bonds is 8. The number of amides is 1. The molecule has 1 saturated heterocycles. The predicted octanol–water partition coefficient (Wildman–Crippen LogP) is 5.46. The smallest absolute Gasteiger partial charge is 0.220 e. The zero-order valence-corrected chi connectivity index (χ0v) is 21.6. The molecule has 3 fully saturated rings. The van der Waals surface area contributed by atoms with Crippen molar-refractivity contribution in [2.45, 2.75) is 103 Å². The standard InChI is InChI=1S/C29H40N4O2/c1-19-9-11-23(20(2)17-19)18-26(35)25-15-16-32(21(3)34)28(25)29-31-30-27(33(29)24-12-13-24)14-10-22-7-5-4-6-8-22/h9,11,17,22,24-25,28H,4-8,10,12-16,18H2,1-3H3/t25-,28+/m1/s1. The Bertz CT molecular complexity index is 1080. The second kappa shape index (κ2) is 10.2. The highest BCUT2D eigenvalue weighted by Gasteiger charge is 2.45. The molecule has 2 atom stereocenters. The minimum Gasteiger partial charge on any atom is -0.332 e. The second-order valence-electron chi connectivity index (χ2n) is 11.2. The van der Waals surface area contributed by atoms with Gasteiger partial charge in [0.25, 0.3) is 0 Å². The van der Waals surface area contributed by atoms with Gasteiger partial charge in [-0.25, -0.2) is 0 Å². The molecule has 1 aliphatic heterocycles. The molecule has 1 amide bonds. The van der Waals surface area contributed by atoms with Gasteiger partial charge in [0.05, 0.1) is 0 Å². The van der Waals surface area contributed by atoms with Crippen molar-refractivity contribution in [3.63, 3.8) is 0 Å². The van der Waals surface area contributed by atoms with Crippen molar-refractivity contribution in [2.75, 3.05) is 6.54 Å². The molecule has 0 bridgehead atoms. The molecule has 0 radical (unpaired) electrons. The van der Waals surface area contributed by atoms with Gasteiger partial charge in [-0.15, -0.1) is 10.2 Å². The number of likely N-dealkylation sites (tertiary alicyclic amines) is 1. The summed E-state index contributed by atoms with van der Waals surface area (Å²) in [6.45, 7) is 6.38. The van der Waals surface area contributed by atoms with Crippen molar-refractivity contribution >= 4 is 11.7 Å². The van der Waals surface area contributed by atoms with E-state index in [9.17, 15) is 9.59 Å². The van der Waals surface area contributed by atoms with Crippen molar-refractivity contribution in [1.82, 2.24) is 19.7 Å². The number of carbonyl (C=O) groups excluding carboxylic acids is 2. The number of nitrogens with zero attached hydrogens (tertiary/aromatic N) is 4. The fourth-order valence-electron chi connectivity index (χ4n) is 6.41. The van der Waals surface area contributed by atoms with Crippen LogP contribution >= 0.6 is 0 Å². The van der Waals surface area contributed by atoms with Gasteiger partial charge in [-0.05, 0) is 56.6 Å². The molecule has 2 saturated carbocycles. The minimum absolute atomic E-state index is 0.0194. The first-order valence-electron chi connectivity index (χ1n) is 13.7. The van der Waals surface area contributed by atoms with Crippen LogP contribution in [0.2, 0.25) is 0 Å². The monoisotopic (exact) mass is 476 g/mol. The summed E-state index contributed by atoms with van der Waals surface area (Å²) in [6, 6.07) is 6.41. The third kappa shape index (κ3) is 5.22. The third-order valence-corrected chi connectivity index (χ3v) is 8.55. The van der Waals surface area contributed by atoms with Crippen LogP contribution in [0.15, 0.2) is 18.2 Å². The molecule has 2 aliphatic carbocycles. The summed E-state index contributed by atoms with van der Waals surface area (Å²) in [6.07, 6.45) is 12.2. The minimum atomic E-state index is -0.303. The summed E-state index contributed by atoms with van der Waals surface area (Å²) in [5, 5.41) is 9.36. The normalized spacial score (nSPS) is 23.1. The first kappa shape index (κ1) is 24.2. The van der Waals surface area contributed by atoms with Crippen LogP contribution in [0.5, 0.6) is 0 Å². The van der Waals surface area contributed by atoms with E-state index in [-0.39, 0.29) is 23.7 Å². The zero-order chi connectivity index (χ0) is 24.5. The van der Waals surface area contributed by atoms with Gasteiger partial charge in [0, 0.05) is 38.3 Å². The van der Waals surface area contributed by atoms with Crippen LogP contribution in [0, 0.1) is 25.7 Å². The molecule has 1 aromatic carbocycles. The first-order valence-corrected chi connectivity index (χ1v) is 13.7. The Morgan fingerprint density at radius 1 is 1.00 bits per heavy atom. The van der Waals surface area contributed by atoms with E-state index in [1.807, 2.05) is 4.90 Å². The van der Waals surface area contributed by atoms with Gasteiger partial charge < -0.3 is 9.47 Å². The number of aryl methyl sites for hydroxylation is 3. The Labute approximate surface area is 209 Å². The average molecular weight is 477 g/mol. The maximum Gasteiger partial charge on any atom is 0.220 e. The predicted molar refractivity (Wildman–Crippen MR) is 136 cm³/mol. The average Bonchev–Trinajstić information content (AvgIpc) is 3.43. The van der Waals surface area contributed by atoms with Crippen molar-refractivity contribution in [2.24, 2.45) is 11.8 Å². The molecule has 188 valence electrons. The lowest BCUT2D eigenvalue weighted by Crippen LogP contribution is -2.34. The molecule has 2 aromatic rings. The molecule has 6 nitrogen and oxygen atoms in total. The number of ketones is 1.